The van der Waals surface area contributed by atoms with Crippen LogP contribution in [0.1, 0.15) is 56.2 Å². The van der Waals surface area contributed by atoms with Gasteiger partial charge >= 0.3 is 0 Å². The van der Waals surface area contributed by atoms with Crippen molar-refractivity contribution in [3.63, 3.8) is 0 Å². The standard InChI is InChI=1S/C19H29N5O2S/c1-12-16(24-8-9-27-18(24)21-12)17(26)20-11-14-7-6-13(23(14)5)10-15(25)22-19(2,3)4/h8-9,13-14H,6-7,10-11H2,1-5H3,(H,20,26)(H,22,25)/t13-,14+/m1/s1. The van der Waals surface area contributed by atoms with Crippen LogP contribution in [0.3, 0.4) is 0 Å². The number of nitrogens with zero attached hydrogens (tertiary/aromatic N) is 3. The summed E-state index contributed by atoms with van der Waals surface area (Å²) in [6, 6.07) is 0.460. The van der Waals surface area contributed by atoms with E-state index in [1.807, 2.05) is 50.7 Å². The Labute approximate surface area is 164 Å². The summed E-state index contributed by atoms with van der Waals surface area (Å²) < 4.78 is 1.84. The van der Waals surface area contributed by atoms with Gasteiger partial charge in [-0.2, -0.15) is 0 Å². The summed E-state index contributed by atoms with van der Waals surface area (Å²) in [5.74, 6) is -0.0144. The second kappa shape index (κ2) is 7.59. The highest BCUT2D eigenvalue weighted by molar-refractivity contribution is 7.15. The van der Waals surface area contributed by atoms with Gasteiger partial charge in [-0.05, 0) is 47.6 Å². The topological polar surface area (TPSA) is 78.7 Å². The van der Waals surface area contributed by atoms with Crippen LogP contribution in [0.5, 0.6) is 0 Å². The van der Waals surface area contributed by atoms with Gasteiger partial charge in [0.25, 0.3) is 5.91 Å². The van der Waals surface area contributed by atoms with Gasteiger partial charge in [0.15, 0.2) is 4.96 Å². The number of fused-ring (bicyclic) bond motifs is 1. The molecule has 2 aromatic rings. The number of carbonyl (C=O) groups excluding carboxylic acids is 2. The third-order valence-electron chi connectivity index (χ3n) is 5.07. The monoisotopic (exact) mass is 391 g/mol. The van der Waals surface area contributed by atoms with Gasteiger partial charge in [-0.1, -0.05) is 0 Å². The minimum absolute atomic E-state index is 0.0822. The highest BCUT2D eigenvalue weighted by Crippen LogP contribution is 2.24. The Morgan fingerprint density at radius 2 is 2.00 bits per heavy atom. The molecule has 2 atom stereocenters. The van der Waals surface area contributed by atoms with E-state index in [9.17, 15) is 9.59 Å². The Morgan fingerprint density at radius 3 is 2.70 bits per heavy atom. The van der Waals surface area contributed by atoms with Crippen molar-refractivity contribution in [2.24, 2.45) is 0 Å². The normalized spacial score (nSPS) is 20.9. The molecular weight excluding hydrogens is 362 g/mol. The number of imidazole rings is 1. The predicted octanol–water partition coefficient (Wildman–Crippen LogP) is 2.20. The summed E-state index contributed by atoms with van der Waals surface area (Å²) in [6.45, 7) is 8.41. The third-order valence-corrected chi connectivity index (χ3v) is 5.83. The number of carbonyl (C=O) groups is 2. The molecule has 0 spiro atoms. The number of aromatic nitrogens is 2. The Kier molecular flexibility index (Phi) is 5.58. The molecule has 0 bridgehead atoms. The van der Waals surface area contributed by atoms with E-state index >= 15 is 0 Å². The van der Waals surface area contributed by atoms with Crippen LogP contribution < -0.4 is 10.6 Å². The van der Waals surface area contributed by atoms with E-state index in [-0.39, 0.29) is 29.4 Å². The van der Waals surface area contributed by atoms with Crippen LogP contribution in [-0.2, 0) is 4.79 Å². The zero-order valence-corrected chi connectivity index (χ0v) is 17.5. The first-order valence-electron chi connectivity index (χ1n) is 9.39. The number of amides is 2. The zero-order valence-electron chi connectivity index (χ0n) is 16.7. The van der Waals surface area contributed by atoms with Gasteiger partial charge in [0, 0.05) is 42.2 Å². The SMILES string of the molecule is Cc1nc2sccn2c1C(=O)NC[C@@H]1CC[C@H](CC(=O)NC(C)(C)C)N1C. The van der Waals surface area contributed by atoms with Crippen molar-refractivity contribution >= 4 is 28.1 Å². The lowest BCUT2D eigenvalue weighted by Crippen LogP contribution is -2.45. The summed E-state index contributed by atoms with van der Waals surface area (Å²) >= 11 is 1.52. The van der Waals surface area contributed by atoms with Crippen molar-refractivity contribution < 1.29 is 9.59 Å². The van der Waals surface area contributed by atoms with Crippen LogP contribution in [0.25, 0.3) is 4.96 Å². The Hall–Kier alpha value is -1.93. The molecule has 3 rings (SSSR count). The molecule has 1 saturated heterocycles. The number of likely N-dealkylation sites (N-methyl/N-ethyl adjacent to an activating group) is 1. The highest BCUT2D eigenvalue weighted by Gasteiger charge is 2.32. The van der Waals surface area contributed by atoms with Gasteiger partial charge in [0.1, 0.15) is 5.69 Å². The van der Waals surface area contributed by atoms with E-state index < -0.39 is 0 Å². The van der Waals surface area contributed by atoms with Crippen LogP contribution >= 0.6 is 11.3 Å². The summed E-state index contributed by atoms with van der Waals surface area (Å²) in [4.78, 5) is 32.4. The fourth-order valence-corrected chi connectivity index (χ4v) is 4.49. The maximum Gasteiger partial charge on any atom is 0.270 e. The van der Waals surface area contributed by atoms with Crippen molar-refractivity contribution in [3.8, 4) is 0 Å². The Bertz CT molecular complexity index is 835. The van der Waals surface area contributed by atoms with Crippen LogP contribution in [0.4, 0.5) is 0 Å². The van der Waals surface area contributed by atoms with E-state index in [0.29, 0.717) is 18.7 Å². The minimum Gasteiger partial charge on any atom is -0.351 e. The van der Waals surface area contributed by atoms with E-state index in [0.717, 1.165) is 23.5 Å². The maximum atomic E-state index is 12.7. The average molecular weight is 392 g/mol. The number of thiazole rings is 1. The molecule has 2 aromatic heterocycles. The fraction of sp³-hybridized carbons (Fsp3) is 0.632. The largest absolute Gasteiger partial charge is 0.351 e. The molecule has 2 amide bonds. The third kappa shape index (κ3) is 4.50. The fourth-order valence-electron chi connectivity index (χ4n) is 3.73. The number of rotatable bonds is 5. The van der Waals surface area contributed by atoms with Crippen molar-refractivity contribution in [1.82, 2.24) is 24.9 Å². The van der Waals surface area contributed by atoms with Crippen molar-refractivity contribution in [3.05, 3.63) is 23.0 Å². The lowest BCUT2D eigenvalue weighted by atomic mass is 10.1. The number of nitrogens with one attached hydrogen (secondary N) is 2. The molecule has 0 radical (unpaired) electrons. The van der Waals surface area contributed by atoms with Gasteiger partial charge in [-0.25, -0.2) is 4.98 Å². The maximum absolute atomic E-state index is 12.7. The van der Waals surface area contributed by atoms with Gasteiger partial charge < -0.3 is 10.6 Å². The van der Waals surface area contributed by atoms with Gasteiger partial charge in [-0.15, -0.1) is 11.3 Å². The minimum atomic E-state index is -0.211. The van der Waals surface area contributed by atoms with Gasteiger partial charge in [-0.3, -0.25) is 18.9 Å². The number of hydrogen-bond acceptors (Lipinski definition) is 5. The quantitative estimate of drug-likeness (QED) is 0.819. The summed E-state index contributed by atoms with van der Waals surface area (Å²) in [7, 11) is 2.04. The molecule has 1 aliphatic heterocycles. The first-order valence-corrected chi connectivity index (χ1v) is 10.3. The number of aryl methyl sites for hydroxylation is 1. The predicted molar refractivity (Wildman–Crippen MR) is 107 cm³/mol. The molecule has 1 fully saturated rings. The lowest BCUT2D eigenvalue weighted by molar-refractivity contribution is -0.123. The molecule has 148 valence electrons. The number of hydrogen-bond donors (Lipinski definition) is 2. The van der Waals surface area contributed by atoms with Gasteiger partial charge in [0.05, 0.1) is 5.69 Å². The molecule has 0 aliphatic carbocycles. The Morgan fingerprint density at radius 1 is 1.30 bits per heavy atom. The molecule has 3 heterocycles. The molecule has 0 aromatic carbocycles. The smallest absolute Gasteiger partial charge is 0.270 e. The van der Waals surface area contributed by atoms with E-state index in [1.165, 1.54) is 11.3 Å². The molecule has 1 aliphatic rings. The molecule has 27 heavy (non-hydrogen) atoms. The van der Waals surface area contributed by atoms with E-state index in [2.05, 4.69) is 20.5 Å². The number of likely N-dealkylation sites (tertiary alicyclic amines) is 1. The van der Waals surface area contributed by atoms with Crippen LogP contribution in [-0.4, -0.2) is 57.3 Å². The van der Waals surface area contributed by atoms with Crippen molar-refractivity contribution in [2.45, 2.75) is 64.6 Å². The lowest BCUT2D eigenvalue weighted by Gasteiger charge is -2.27. The van der Waals surface area contributed by atoms with E-state index in [1.54, 1.807) is 0 Å². The summed E-state index contributed by atoms with van der Waals surface area (Å²) in [5.41, 5.74) is 1.14. The first kappa shape index (κ1) is 19.8. The molecular formula is C19H29N5O2S. The second-order valence-electron chi connectivity index (χ2n) is 8.36. The summed E-state index contributed by atoms with van der Waals surface area (Å²) in [5, 5.41) is 8.01. The Balaban J connectivity index is 1.54. The van der Waals surface area contributed by atoms with E-state index in [4.69, 9.17) is 0 Å². The summed E-state index contributed by atoms with van der Waals surface area (Å²) in [6.07, 6.45) is 4.31. The van der Waals surface area contributed by atoms with Crippen molar-refractivity contribution in [1.29, 1.82) is 0 Å². The van der Waals surface area contributed by atoms with Crippen LogP contribution in [0.2, 0.25) is 0 Å². The molecule has 0 unspecified atom stereocenters. The highest BCUT2D eigenvalue weighted by atomic mass is 32.1. The second-order valence-corrected chi connectivity index (χ2v) is 9.24. The average Bonchev–Trinajstić information content (AvgIpc) is 3.19. The van der Waals surface area contributed by atoms with Gasteiger partial charge in [0.2, 0.25) is 5.91 Å². The molecule has 7 nitrogen and oxygen atoms in total. The van der Waals surface area contributed by atoms with Crippen LogP contribution in [0.15, 0.2) is 11.6 Å². The van der Waals surface area contributed by atoms with Crippen molar-refractivity contribution in [2.75, 3.05) is 13.6 Å². The molecule has 2 N–H and O–H groups in total. The molecule has 0 saturated carbocycles. The zero-order chi connectivity index (χ0) is 19.8. The van der Waals surface area contributed by atoms with Crippen LogP contribution in [0, 0.1) is 6.92 Å². The molecule has 8 heteroatoms. The first-order chi connectivity index (χ1) is 12.7.